The normalized spacial score (nSPS) is 9.38. The average Bonchev–Trinajstić information content (AvgIpc) is 2.10. The van der Waals surface area contributed by atoms with Crippen LogP contribution < -0.4 is 5.32 Å². The van der Waals surface area contributed by atoms with Crippen molar-refractivity contribution >= 4 is 17.5 Å². The van der Waals surface area contributed by atoms with Crippen LogP contribution in [-0.4, -0.2) is 24.0 Å². The molecule has 0 atom stereocenters. The number of carbonyl (C=O) groups is 3. The first-order valence-corrected chi connectivity index (χ1v) is 4.34. The summed E-state index contributed by atoms with van der Waals surface area (Å²) >= 11 is 0. The Hall–Kier alpha value is -1.19. The van der Waals surface area contributed by atoms with Gasteiger partial charge in [-0.05, 0) is 0 Å². The van der Waals surface area contributed by atoms with Gasteiger partial charge in [0.15, 0.2) is 5.78 Å². The predicted octanol–water partition coefficient (Wildman–Crippen LogP) is 0.451. The molecule has 4 nitrogen and oxygen atoms in total. The van der Waals surface area contributed by atoms with Crippen LogP contribution in [0.5, 0.6) is 0 Å². The van der Waals surface area contributed by atoms with E-state index in [1.165, 1.54) is 6.92 Å². The molecule has 0 unspecified atom stereocenters. The van der Waals surface area contributed by atoms with Gasteiger partial charge in [0.1, 0.15) is 5.78 Å². The lowest BCUT2D eigenvalue weighted by Crippen LogP contribution is -2.27. The Balaban J connectivity index is 3.52. The molecule has 0 bridgehead atoms. The molecular formula is C9H15NO3. The van der Waals surface area contributed by atoms with E-state index in [0.29, 0.717) is 6.42 Å². The molecule has 0 heterocycles. The highest BCUT2D eigenvalue weighted by Crippen LogP contribution is 1.95. The Morgan fingerprint density at radius 1 is 1.08 bits per heavy atom. The highest BCUT2D eigenvalue weighted by atomic mass is 16.2. The molecule has 0 spiro atoms. The molecule has 1 amide bonds. The zero-order chi connectivity index (χ0) is 10.3. The topological polar surface area (TPSA) is 63.2 Å². The largest absolute Gasteiger partial charge is 0.349 e. The van der Waals surface area contributed by atoms with Crippen LogP contribution in [0.4, 0.5) is 0 Å². The van der Waals surface area contributed by atoms with Crippen molar-refractivity contribution in [3.63, 3.8) is 0 Å². The second kappa shape index (κ2) is 6.34. The lowest BCUT2D eigenvalue weighted by atomic mass is 10.1. The van der Waals surface area contributed by atoms with Crippen molar-refractivity contribution in [3.8, 4) is 0 Å². The minimum Gasteiger partial charge on any atom is -0.349 e. The van der Waals surface area contributed by atoms with E-state index in [1.54, 1.807) is 6.92 Å². The first-order chi connectivity index (χ1) is 6.06. The van der Waals surface area contributed by atoms with Crippen LogP contribution >= 0.6 is 0 Å². The van der Waals surface area contributed by atoms with Gasteiger partial charge in [0.05, 0.1) is 6.54 Å². The molecule has 0 saturated carbocycles. The molecule has 0 radical (unpaired) electrons. The van der Waals surface area contributed by atoms with Crippen molar-refractivity contribution in [2.24, 2.45) is 0 Å². The summed E-state index contributed by atoms with van der Waals surface area (Å²) in [4.78, 5) is 32.2. The molecule has 0 rings (SSSR count). The standard InChI is InChI=1S/C9H15NO3/c1-3-8(12)4-5-9(13)6-10-7(2)11/h3-6H2,1-2H3,(H,10,11). The van der Waals surface area contributed by atoms with Crippen molar-refractivity contribution in [1.29, 1.82) is 0 Å². The van der Waals surface area contributed by atoms with Crippen LogP contribution in [0.3, 0.4) is 0 Å². The van der Waals surface area contributed by atoms with E-state index in [0.717, 1.165) is 0 Å². The van der Waals surface area contributed by atoms with Gasteiger partial charge in [-0.25, -0.2) is 0 Å². The van der Waals surface area contributed by atoms with Gasteiger partial charge in [-0.3, -0.25) is 14.4 Å². The molecule has 0 aromatic carbocycles. The number of rotatable bonds is 6. The van der Waals surface area contributed by atoms with Crippen molar-refractivity contribution in [1.82, 2.24) is 5.32 Å². The van der Waals surface area contributed by atoms with Crippen molar-refractivity contribution < 1.29 is 14.4 Å². The molecule has 4 heteroatoms. The summed E-state index contributed by atoms with van der Waals surface area (Å²) in [7, 11) is 0. The van der Waals surface area contributed by atoms with E-state index in [9.17, 15) is 14.4 Å². The summed E-state index contributed by atoms with van der Waals surface area (Å²) in [6.07, 6.45) is 0.981. The number of amides is 1. The Labute approximate surface area is 77.7 Å². The van der Waals surface area contributed by atoms with Crippen LogP contribution in [-0.2, 0) is 14.4 Å². The molecule has 13 heavy (non-hydrogen) atoms. The molecule has 0 aliphatic carbocycles. The maximum Gasteiger partial charge on any atom is 0.217 e. The van der Waals surface area contributed by atoms with Gasteiger partial charge in [0, 0.05) is 26.2 Å². The molecule has 0 aliphatic heterocycles. The number of hydrogen-bond donors (Lipinski definition) is 1. The minimum atomic E-state index is -0.227. The van der Waals surface area contributed by atoms with E-state index in [2.05, 4.69) is 5.32 Å². The predicted molar refractivity (Wildman–Crippen MR) is 48.2 cm³/mol. The van der Waals surface area contributed by atoms with Gasteiger partial charge in [-0.1, -0.05) is 6.92 Å². The first-order valence-electron chi connectivity index (χ1n) is 4.34. The van der Waals surface area contributed by atoms with Crippen molar-refractivity contribution in [2.75, 3.05) is 6.54 Å². The molecular weight excluding hydrogens is 170 g/mol. The van der Waals surface area contributed by atoms with E-state index in [1.807, 2.05) is 0 Å². The summed E-state index contributed by atoms with van der Waals surface area (Å²) < 4.78 is 0. The van der Waals surface area contributed by atoms with Crippen LogP contribution in [0.2, 0.25) is 0 Å². The van der Waals surface area contributed by atoms with E-state index < -0.39 is 0 Å². The van der Waals surface area contributed by atoms with Crippen LogP contribution in [0.25, 0.3) is 0 Å². The van der Waals surface area contributed by atoms with Gasteiger partial charge in [0.25, 0.3) is 0 Å². The molecule has 0 aliphatic rings. The number of nitrogens with one attached hydrogen (secondary N) is 1. The highest BCUT2D eigenvalue weighted by Gasteiger charge is 2.05. The number of carbonyl (C=O) groups excluding carboxylic acids is 3. The first kappa shape index (κ1) is 11.8. The summed E-state index contributed by atoms with van der Waals surface area (Å²) in [6.45, 7) is 3.15. The van der Waals surface area contributed by atoms with Crippen LogP contribution in [0.1, 0.15) is 33.1 Å². The molecule has 0 aromatic heterocycles. The van der Waals surface area contributed by atoms with Gasteiger partial charge < -0.3 is 5.32 Å². The molecule has 0 fully saturated rings. The molecule has 0 saturated heterocycles. The fourth-order valence-electron chi connectivity index (χ4n) is 0.767. The van der Waals surface area contributed by atoms with E-state index in [-0.39, 0.29) is 36.9 Å². The summed E-state index contributed by atoms with van der Waals surface area (Å²) in [5.41, 5.74) is 0. The maximum atomic E-state index is 11.0. The quantitative estimate of drug-likeness (QED) is 0.653. The third-order valence-electron chi connectivity index (χ3n) is 1.61. The number of Topliss-reactive ketones (excluding diaryl/α,β-unsaturated/α-hetero) is 2. The zero-order valence-corrected chi connectivity index (χ0v) is 8.05. The summed E-state index contributed by atoms with van der Waals surface area (Å²) in [6, 6.07) is 0. The fourth-order valence-corrected chi connectivity index (χ4v) is 0.767. The van der Waals surface area contributed by atoms with Gasteiger partial charge in [-0.15, -0.1) is 0 Å². The van der Waals surface area contributed by atoms with Gasteiger partial charge in [-0.2, -0.15) is 0 Å². The summed E-state index contributed by atoms with van der Waals surface area (Å²) in [5.74, 6) is -0.247. The second-order valence-electron chi connectivity index (χ2n) is 2.84. The van der Waals surface area contributed by atoms with E-state index >= 15 is 0 Å². The Kier molecular flexibility index (Phi) is 5.76. The third-order valence-corrected chi connectivity index (χ3v) is 1.61. The Bertz CT molecular complexity index is 211. The molecule has 1 N–H and O–H groups in total. The van der Waals surface area contributed by atoms with Crippen LogP contribution in [0, 0.1) is 0 Å². The van der Waals surface area contributed by atoms with Gasteiger partial charge >= 0.3 is 0 Å². The SMILES string of the molecule is CCC(=O)CCC(=O)CNC(C)=O. The maximum absolute atomic E-state index is 11.0. The Morgan fingerprint density at radius 2 is 1.62 bits per heavy atom. The van der Waals surface area contributed by atoms with Gasteiger partial charge in [0.2, 0.25) is 5.91 Å². The second-order valence-corrected chi connectivity index (χ2v) is 2.84. The lowest BCUT2D eigenvalue weighted by molar-refractivity contribution is -0.125. The lowest BCUT2D eigenvalue weighted by Gasteiger charge is -2.00. The van der Waals surface area contributed by atoms with Crippen LogP contribution in [0.15, 0.2) is 0 Å². The number of hydrogen-bond acceptors (Lipinski definition) is 3. The smallest absolute Gasteiger partial charge is 0.217 e. The summed E-state index contributed by atoms with van der Waals surface area (Å²) in [5, 5.41) is 2.39. The molecule has 74 valence electrons. The number of ketones is 2. The van der Waals surface area contributed by atoms with Crippen molar-refractivity contribution in [3.05, 3.63) is 0 Å². The monoisotopic (exact) mass is 185 g/mol. The fraction of sp³-hybridized carbons (Fsp3) is 0.667. The minimum absolute atomic E-state index is 0.0341. The Morgan fingerprint density at radius 3 is 2.08 bits per heavy atom. The highest BCUT2D eigenvalue weighted by molar-refractivity contribution is 5.88. The molecule has 0 aromatic rings. The zero-order valence-electron chi connectivity index (χ0n) is 8.05. The average molecular weight is 185 g/mol. The van der Waals surface area contributed by atoms with Crippen molar-refractivity contribution in [2.45, 2.75) is 33.1 Å². The third kappa shape index (κ3) is 7.18. The van der Waals surface area contributed by atoms with E-state index in [4.69, 9.17) is 0 Å².